The van der Waals surface area contributed by atoms with Gasteiger partial charge in [0.25, 0.3) is 11.8 Å². The first kappa shape index (κ1) is 27.6. The summed E-state index contributed by atoms with van der Waals surface area (Å²) in [5.74, 6) is -4.16. The van der Waals surface area contributed by atoms with Gasteiger partial charge in [0.2, 0.25) is 5.91 Å². The lowest BCUT2D eigenvalue weighted by Crippen LogP contribution is -2.71. The minimum atomic E-state index is -1.35. The molecule has 2 saturated heterocycles. The van der Waals surface area contributed by atoms with Gasteiger partial charge in [0.15, 0.2) is 10.8 Å². The molecule has 5 N–H and O–H groups in total. The maximum absolute atomic E-state index is 13.2. The molecule has 1 aromatic rings. The van der Waals surface area contributed by atoms with Crippen LogP contribution in [0.3, 0.4) is 0 Å². The van der Waals surface area contributed by atoms with Crippen LogP contribution in [-0.4, -0.2) is 96.7 Å². The molecule has 0 unspecified atom stereocenters. The number of nitrogens with one attached hydrogen (secondary N) is 1. The monoisotopic (exact) mass is 590 g/mol. The van der Waals surface area contributed by atoms with Crippen molar-refractivity contribution in [1.29, 1.82) is 0 Å². The van der Waals surface area contributed by atoms with E-state index in [2.05, 4.69) is 15.5 Å². The zero-order valence-electron chi connectivity index (χ0n) is 21.1. The van der Waals surface area contributed by atoms with Crippen molar-refractivity contribution in [2.45, 2.75) is 49.6 Å². The Labute approximate surface area is 235 Å². The fourth-order valence-electron chi connectivity index (χ4n) is 5.01. The lowest BCUT2D eigenvalue weighted by atomic mass is 10.0. The van der Waals surface area contributed by atoms with Gasteiger partial charge in [-0.25, -0.2) is 9.78 Å². The van der Waals surface area contributed by atoms with E-state index in [1.54, 1.807) is 5.38 Å². The second-order valence-electron chi connectivity index (χ2n) is 9.60. The van der Waals surface area contributed by atoms with Crippen LogP contribution in [0, 0.1) is 0 Å². The number of carboxylic acid groups (broad SMARTS) is 2. The second-order valence-corrected chi connectivity index (χ2v) is 11.6. The number of carbonyl (C=O) groups excluding carboxylic acids is 3. The number of aromatic nitrogens is 1. The first-order valence-electron chi connectivity index (χ1n) is 12.5. The number of rotatable bonds is 9. The van der Waals surface area contributed by atoms with E-state index in [9.17, 15) is 29.1 Å². The average Bonchev–Trinajstić information content (AvgIpc) is 3.66. The standard InChI is InChI=1S/C24H26N6O8S2/c25-24-26-14(10-40-24)16(28-38-13-3-1-2-4-13)19(33)27-17-21(35)30-18(23(36)37)12(9-39-22(17)30)7-11-5-6-29(20(11)34)8-15(31)32/h7,10,13,17,22H,1-6,8-9H2,(H2,25,26)(H,27,33)(H,31,32)(H,36,37)/b11-7?,28-16-/t17-,22-/m1/s1. The van der Waals surface area contributed by atoms with E-state index in [4.69, 9.17) is 15.7 Å². The summed E-state index contributed by atoms with van der Waals surface area (Å²) in [5, 5.41) is 26.7. The molecule has 4 aliphatic rings. The summed E-state index contributed by atoms with van der Waals surface area (Å²) in [4.78, 5) is 74.1. The molecule has 16 heteroatoms. The molecule has 3 aliphatic heterocycles. The van der Waals surface area contributed by atoms with Gasteiger partial charge in [0.1, 0.15) is 35.5 Å². The maximum Gasteiger partial charge on any atom is 0.352 e. The Morgan fingerprint density at radius 1 is 1.25 bits per heavy atom. The smallest absolute Gasteiger partial charge is 0.352 e. The quantitative estimate of drug-likeness (QED) is 0.134. The number of β-lactam (4-membered cyclic amide) rings is 1. The molecule has 3 fully saturated rings. The lowest BCUT2D eigenvalue weighted by Gasteiger charge is -2.49. The van der Waals surface area contributed by atoms with Gasteiger partial charge in [-0.3, -0.25) is 24.1 Å². The minimum absolute atomic E-state index is 0.118. The summed E-state index contributed by atoms with van der Waals surface area (Å²) < 4.78 is 0. The number of anilines is 1. The van der Waals surface area contributed by atoms with Crippen LogP contribution in [0.5, 0.6) is 0 Å². The molecule has 40 heavy (non-hydrogen) atoms. The lowest BCUT2D eigenvalue weighted by molar-refractivity contribution is -0.150. The molecule has 1 saturated carbocycles. The Morgan fingerprint density at radius 2 is 2.00 bits per heavy atom. The maximum atomic E-state index is 13.2. The summed E-state index contributed by atoms with van der Waals surface area (Å²) in [5.41, 5.74) is 6.07. The van der Waals surface area contributed by atoms with Crippen molar-refractivity contribution in [3.05, 3.63) is 34.0 Å². The van der Waals surface area contributed by atoms with Crippen molar-refractivity contribution in [1.82, 2.24) is 20.1 Å². The number of carboxylic acids is 2. The Hall–Kier alpha value is -3.92. The van der Waals surface area contributed by atoms with Crippen molar-refractivity contribution in [3.63, 3.8) is 0 Å². The zero-order valence-corrected chi connectivity index (χ0v) is 22.7. The number of nitrogens with two attached hydrogens (primary N) is 1. The molecule has 1 aromatic heterocycles. The van der Waals surface area contributed by atoms with Gasteiger partial charge in [-0.15, -0.1) is 23.1 Å². The van der Waals surface area contributed by atoms with Crippen molar-refractivity contribution < 1.29 is 39.0 Å². The van der Waals surface area contributed by atoms with Crippen molar-refractivity contribution in [2.24, 2.45) is 5.16 Å². The highest BCUT2D eigenvalue weighted by Crippen LogP contribution is 2.41. The van der Waals surface area contributed by atoms with Crippen molar-refractivity contribution in [2.75, 3.05) is 24.6 Å². The summed E-state index contributed by atoms with van der Waals surface area (Å²) in [6.45, 7) is -0.244. The molecule has 3 amide bonds. The number of aliphatic carboxylic acids is 2. The molecule has 0 aromatic carbocycles. The number of nitrogens with zero attached hydrogens (tertiary/aromatic N) is 4. The number of fused-ring (bicyclic) bond motifs is 1. The number of allylic oxidation sites excluding steroid dienone is 1. The third kappa shape index (κ3) is 5.40. The van der Waals surface area contributed by atoms with E-state index in [-0.39, 0.29) is 58.2 Å². The Balaban J connectivity index is 1.33. The van der Waals surface area contributed by atoms with E-state index in [1.165, 1.54) is 22.7 Å². The van der Waals surface area contributed by atoms with Crippen molar-refractivity contribution in [3.8, 4) is 0 Å². The van der Waals surface area contributed by atoms with Crippen LogP contribution in [0.1, 0.15) is 37.8 Å². The van der Waals surface area contributed by atoms with Crippen LogP contribution >= 0.6 is 23.1 Å². The molecular weight excluding hydrogens is 564 g/mol. The number of hydrogen-bond donors (Lipinski definition) is 4. The molecule has 2 atom stereocenters. The van der Waals surface area contributed by atoms with Crippen LogP contribution in [0.2, 0.25) is 0 Å². The number of thiazole rings is 1. The topological polar surface area (TPSA) is 205 Å². The van der Waals surface area contributed by atoms with Gasteiger partial charge < -0.3 is 31.0 Å². The van der Waals surface area contributed by atoms with Crippen molar-refractivity contribution >= 4 is 63.6 Å². The number of oxime groups is 1. The summed E-state index contributed by atoms with van der Waals surface area (Å²) in [6.07, 6.45) is 5.21. The summed E-state index contributed by atoms with van der Waals surface area (Å²) in [7, 11) is 0. The van der Waals surface area contributed by atoms with E-state index in [0.717, 1.165) is 41.9 Å². The fraction of sp³-hybridized carbons (Fsp3) is 0.458. The third-order valence-electron chi connectivity index (χ3n) is 6.95. The van der Waals surface area contributed by atoms with Crippen LogP contribution in [0.15, 0.2) is 33.5 Å². The van der Waals surface area contributed by atoms with E-state index in [1.807, 2.05) is 0 Å². The normalized spacial score (nSPS) is 24.4. The number of amides is 3. The van der Waals surface area contributed by atoms with Crippen LogP contribution in [0.4, 0.5) is 5.13 Å². The molecule has 14 nitrogen and oxygen atoms in total. The first-order chi connectivity index (χ1) is 19.1. The number of thioether (sulfide) groups is 1. The fourth-order valence-corrected chi connectivity index (χ4v) is 6.86. The molecule has 0 spiro atoms. The van der Waals surface area contributed by atoms with Gasteiger partial charge in [0.05, 0.1) is 0 Å². The molecule has 4 heterocycles. The first-order valence-corrected chi connectivity index (χ1v) is 14.5. The largest absolute Gasteiger partial charge is 0.480 e. The average molecular weight is 591 g/mol. The number of nitrogen functional groups attached to an aromatic ring is 1. The molecule has 5 rings (SSSR count). The highest BCUT2D eigenvalue weighted by atomic mass is 32.2. The Kier molecular flexibility index (Phi) is 7.80. The predicted molar refractivity (Wildman–Crippen MR) is 143 cm³/mol. The van der Waals surface area contributed by atoms with Gasteiger partial charge in [0, 0.05) is 23.3 Å². The van der Waals surface area contributed by atoms with Crippen LogP contribution < -0.4 is 11.1 Å². The van der Waals surface area contributed by atoms with Crippen LogP contribution in [-0.2, 0) is 28.8 Å². The zero-order chi connectivity index (χ0) is 28.6. The number of likely N-dealkylation sites (tertiary alicyclic amines) is 1. The number of hydrogen-bond acceptors (Lipinski definition) is 11. The molecular formula is C24H26N6O8S2. The van der Waals surface area contributed by atoms with Gasteiger partial charge in [-0.2, -0.15) is 0 Å². The van der Waals surface area contributed by atoms with Gasteiger partial charge >= 0.3 is 11.9 Å². The van der Waals surface area contributed by atoms with E-state index in [0.29, 0.717) is 0 Å². The van der Waals surface area contributed by atoms with Gasteiger partial charge in [-0.1, -0.05) is 5.16 Å². The Morgan fingerprint density at radius 3 is 2.65 bits per heavy atom. The molecule has 0 bridgehead atoms. The molecule has 212 valence electrons. The van der Waals surface area contributed by atoms with Crippen LogP contribution in [0.25, 0.3) is 0 Å². The highest BCUT2D eigenvalue weighted by Gasteiger charge is 2.54. The van der Waals surface area contributed by atoms with E-state index < -0.39 is 47.6 Å². The molecule has 0 radical (unpaired) electrons. The second kappa shape index (κ2) is 11.3. The summed E-state index contributed by atoms with van der Waals surface area (Å²) >= 11 is 2.36. The minimum Gasteiger partial charge on any atom is -0.480 e. The van der Waals surface area contributed by atoms with Gasteiger partial charge in [-0.05, 0) is 43.8 Å². The molecule has 1 aliphatic carbocycles. The predicted octanol–water partition coefficient (Wildman–Crippen LogP) is 0.371. The number of carbonyl (C=O) groups is 5. The Bertz CT molecular complexity index is 1360. The van der Waals surface area contributed by atoms with E-state index >= 15 is 0 Å². The SMILES string of the molecule is Nc1nc(/C(=N/OC2CCCC2)C(=O)N[C@@H]2C(=O)N3C(C(=O)O)=C(C=C4CCN(CC(=O)O)C4=O)CS[C@H]23)cs1. The summed E-state index contributed by atoms with van der Waals surface area (Å²) in [6, 6.07) is -1.02. The highest BCUT2D eigenvalue weighted by molar-refractivity contribution is 8.00. The third-order valence-corrected chi connectivity index (χ3v) is 8.93.